The standard InChI is InChI=1S/C19H29N3O3S/c1-15-9-10-16(21-19(23)17-8-4-5-11-20-17)14-18(15)26(24,25)22-12-6-2-3-7-13-22/h9-10,14,17,20H,2-8,11-13H2,1H3,(H,21,23). The lowest BCUT2D eigenvalue weighted by molar-refractivity contribution is -0.118. The molecule has 0 aliphatic carbocycles. The van der Waals surface area contributed by atoms with Gasteiger partial charge in [-0.2, -0.15) is 4.31 Å². The molecule has 1 atom stereocenters. The molecule has 0 radical (unpaired) electrons. The number of hydrogen-bond acceptors (Lipinski definition) is 4. The number of piperidine rings is 1. The third-order valence-corrected chi connectivity index (χ3v) is 7.31. The molecule has 7 heteroatoms. The Balaban J connectivity index is 1.79. The van der Waals surface area contributed by atoms with Gasteiger partial charge in [0.05, 0.1) is 10.9 Å². The number of aryl methyl sites for hydroxylation is 1. The van der Waals surface area contributed by atoms with Gasteiger partial charge in [-0.1, -0.05) is 25.3 Å². The number of nitrogens with one attached hydrogen (secondary N) is 2. The molecule has 1 amide bonds. The van der Waals surface area contributed by atoms with Gasteiger partial charge in [0.15, 0.2) is 0 Å². The minimum Gasteiger partial charge on any atom is -0.325 e. The molecule has 3 rings (SSSR count). The second-order valence-corrected chi connectivity index (χ2v) is 9.20. The maximum atomic E-state index is 13.1. The lowest BCUT2D eigenvalue weighted by Crippen LogP contribution is -2.43. The number of hydrogen-bond donors (Lipinski definition) is 2. The van der Waals surface area contributed by atoms with Crippen molar-refractivity contribution in [1.29, 1.82) is 0 Å². The normalized spacial score (nSPS) is 22.6. The molecule has 2 saturated heterocycles. The Labute approximate surface area is 156 Å². The van der Waals surface area contributed by atoms with Crippen molar-refractivity contribution in [3.05, 3.63) is 23.8 Å². The first-order valence-electron chi connectivity index (χ1n) is 9.63. The Bertz CT molecular complexity index is 734. The van der Waals surface area contributed by atoms with Gasteiger partial charge >= 0.3 is 0 Å². The molecule has 2 aliphatic heterocycles. The molecule has 2 aliphatic rings. The van der Waals surface area contributed by atoms with E-state index in [1.807, 2.05) is 0 Å². The average Bonchev–Trinajstić information content (AvgIpc) is 2.94. The van der Waals surface area contributed by atoms with Gasteiger partial charge in [-0.15, -0.1) is 0 Å². The van der Waals surface area contributed by atoms with Crippen molar-refractivity contribution in [1.82, 2.24) is 9.62 Å². The van der Waals surface area contributed by atoms with Gasteiger partial charge in [0.25, 0.3) is 0 Å². The van der Waals surface area contributed by atoms with E-state index in [0.717, 1.165) is 51.5 Å². The van der Waals surface area contributed by atoms with Gasteiger partial charge in [0.2, 0.25) is 15.9 Å². The van der Waals surface area contributed by atoms with Crippen LogP contribution in [0.15, 0.2) is 23.1 Å². The minimum absolute atomic E-state index is 0.0910. The van der Waals surface area contributed by atoms with E-state index in [-0.39, 0.29) is 11.9 Å². The monoisotopic (exact) mass is 379 g/mol. The Hall–Kier alpha value is -1.44. The van der Waals surface area contributed by atoms with Gasteiger partial charge in [-0.3, -0.25) is 4.79 Å². The highest BCUT2D eigenvalue weighted by Gasteiger charge is 2.27. The second-order valence-electron chi connectivity index (χ2n) is 7.29. The summed E-state index contributed by atoms with van der Waals surface area (Å²) < 4.78 is 27.8. The predicted octanol–water partition coefficient (Wildman–Crippen LogP) is 2.64. The zero-order chi connectivity index (χ0) is 18.6. The van der Waals surface area contributed by atoms with Crippen molar-refractivity contribution in [2.45, 2.75) is 62.8 Å². The molecule has 144 valence electrons. The summed E-state index contributed by atoms with van der Waals surface area (Å²) >= 11 is 0. The molecule has 0 saturated carbocycles. The Morgan fingerprint density at radius 2 is 1.85 bits per heavy atom. The van der Waals surface area contributed by atoms with Crippen molar-refractivity contribution < 1.29 is 13.2 Å². The van der Waals surface area contributed by atoms with E-state index in [0.29, 0.717) is 29.2 Å². The van der Waals surface area contributed by atoms with Crippen molar-refractivity contribution in [2.24, 2.45) is 0 Å². The fraction of sp³-hybridized carbons (Fsp3) is 0.632. The number of benzene rings is 1. The fourth-order valence-corrected chi connectivity index (χ4v) is 5.45. The smallest absolute Gasteiger partial charge is 0.243 e. The van der Waals surface area contributed by atoms with E-state index < -0.39 is 10.0 Å². The van der Waals surface area contributed by atoms with Crippen molar-refractivity contribution >= 4 is 21.6 Å². The number of amides is 1. The summed E-state index contributed by atoms with van der Waals surface area (Å²) in [5.41, 5.74) is 1.25. The summed E-state index contributed by atoms with van der Waals surface area (Å²) in [5.74, 6) is -0.0910. The summed E-state index contributed by atoms with van der Waals surface area (Å²) in [6, 6.07) is 4.96. The molecular weight excluding hydrogens is 350 g/mol. The maximum Gasteiger partial charge on any atom is 0.243 e. The zero-order valence-corrected chi connectivity index (χ0v) is 16.3. The largest absolute Gasteiger partial charge is 0.325 e. The van der Waals surface area contributed by atoms with Crippen molar-refractivity contribution in [3.8, 4) is 0 Å². The second kappa shape index (κ2) is 8.50. The van der Waals surface area contributed by atoms with Gasteiger partial charge in [-0.05, 0) is 56.8 Å². The molecule has 1 unspecified atom stereocenters. The summed E-state index contributed by atoms with van der Waals surface area (Å²) in [5, 5.41) is 6.10. The van der Waals surface area contributed by atoms with Crippen LogP contribution < -0.4 is 10.6 Å². The lowest BCUT2D eigenvalue weighted by atomic mass is 10.0. The Morgan fingerprint density at radius 1 is 1.12 bits per heavy atom. The molecular formula is C19H29N3O3S. The number of sulfonamides is 1. The van der Waals surface area contributed by atoms with E-state index in [4.69, 9.17) is 0 Å². The van der Waals surface area contributed by atoms with Gasteiger partial charge < -0.3 is 10.6 Å². The van der Waals surface area contributed by atoms with Gasteiger partial charge in [0.1, 0.15) is 0 Å². The molecule has 0 bridgehead atoms. The summed E-state index contributed by atoms with van der Waals surface area (Å²) in [4.78, 5) is 12.7. The van der Waals surface area contributed by atoms with Crippen LogP contribution in [0.1, 0.15) is 50.5 Å². The van der Waals surface area contributed by atoms with Crippen LogP contribution in [0.3, 0.4) is 0 Å². The first-order valence-corrected chi connectivity index (χ1v) is 11.1. The quantitative estimate of drug-likeness (QED) is 0.843. The molecule has 2 heterocycles. The molecule has 0 aromatic heterocycles. The van der Waals surface area contributed by atoms with E-state index in [1.54, 1.807) is 29.4 Å². The molecule has 1 aromatic carbocycles. The number of carbonyl (C=O) groups excluding carboxylic acids is 1. The fourth-order valence-electron chi connectivity index (χ4n) is 3.68. The molecule has 2 N–H and O–H groups in total. The van der Waals surface area contributed by atoms with Crippen LogP contribution >= 0.6 is 0 Å². The van der Waals surface area contributed by atoms with Crippen LogP contribution in [0.4, 0.5) is 5.69 Å². The molecule has 0 spiro atoms. The predicted molar refractivity (Wildman–Crippen MR) is 103 cm³/mol. The molecule has 1 aromatic rings. The lowest BCUT2D eigenvalue weighted by Gasteiger charge is -2.23. The first kappa shape index (κ1) is 19.3. The highest BCUT2D eigenvalue weighted by Crippen LogP contribution is 2.26. The van der Waals surface area contributed by atoms with Gasteiger partial charge in [0, 0.05) is 18.8 Å². The topological polar surface area (TPSA) is 78.5 Å². The minimum atomic E-state index is -3.53. The first-order chi connectivity index (χ1) is 12.5. The van der Waals surface area contributed by atoms with Crippen molar-refractivity contribution in [3.63, 3.8) is 0 Å². The number of carbonyl (C=O) groups is 1. The maximum absolute atomic E-state index is 13.1. The number of anilines is 1. The summed E-state index contributed by atoms with van der Waals surface area (Å²) in [7, 11) is -3.53. The summed E-state index contributed by atoms with van der Waals surface area (Å²) in [6.45, 7) is 3.80. The van der Waals surface area contributed by atoms with E-state index in [2.05, 4.69) is 10.6 Å². The highest BCUT2D eigenvalue weighted by atomic mass is 32.2. The SMILES string of the molecule is Cc1ccc(NC(=O)C2CCCCN2)cc1S(=O)(=O)N1CCCCCC1. The third-order valence-electron chi connectivity index (χ3n) is 5.27. The van der Waals surface area contributed by atoms with E-state index in [9.17, 15) is 13.2 Å². The van der Waals surface area contributed by atoms with Crippen LogP contribution in [-0.2, 0) is 14.8 Å². The van der Waals surface area contributed by atoms with E-state index in [1.165, 1.54) is 0 Å². The Kier molecular flexibility index (Phi) is 6.32. The summed E-state index contributed by atoms with van der Waals surface area (Å²) in [6.07, 6.45) is 6.91. The highest BCUT2D eigenvalue weighted by molar-refractivity contribution is 7.89. The average molecular weight is 380 g/mol. The van der Waals surface area contributed by atoms with Crippen LogP contribution in [0.5, 0.6) is 0 Å². The van der Waals surface area contributed by atoms with Crippen LogP contribution in [-0.4, -0.2) is 44.3 Å². The molecule has 2 fully saturated rings. The van der Waals surface area contributed by atoms with E-state index >= 15 is 0 Å². The molecule has 26 heavy (non-hydrogen) atoms. The Morgan fingerprint density at radius 3 is 2.50 bits per heavy atom. The van der Waals surface area contributed by atoms with Crippen molar-refractivity contribution in [2.75, 3.05) is 25.0 Å². The number of nitrogens with zero attached hydrogens (tertiary/aromatic N) is 1. The molecule has 6 nitrogen and oxygen atoms in total. The third kappa shape index (κ3) is 4.45. The zero-order valence-electron chi connectivity index (χ0n) is 15.5. The number of rotatable bonds is 4. The van der Waals surface area contributed by atoms with Gasteiger partial charge in [-0.25, -0.2) is 8.42 Å². The van der Waals surface area contributed by atoms with Crippen LogP contribution in [0.2, 0.25) is 0 Å². The van der Waals surface area contributed by atoms with Crippen LogP contribution in [0.25, 0.3) is 0 Å². The van der Waals surface area contributed by atoms with Crippen LogP contribution in [0, 0.1) is 6.92 Å².